The van der Waals surface area contributed by atoms with E-state index in [0.717, 1.165) is 0 Å². The van der Waals surface area contributed by atoms with Crippen LogP contribution in [0.15, 0.2) is 35.5 Å². The SMILES string of the molecule is Cc1ccc(C#N)cc1S(=O)(=O)NCCCn1ccnn1. The quantitative estimate of drug-likeness (QED) is 0.796. The molecule has 0 saturated carbocycles. The van der Waals surface area contributed by atoms with E-state index < -0.39 is 10.0 Å². The first-order chi connectivity index (χ1) is 10.0. The van der Waals surface area contributed by atoms with Crippen LogP contribution in [0, 0.1) is 18.3 Å². The van der Waals surface area contributed by atoms with Crippen molar-refractivity contribution in [2.75, 3.05) is 6.54 Å². The van der Waals surface area contributed by atoms with Crippen molar-refractivity contribution in [1.29, 1.82) is 5.26 Å². The first-order valence-electron chi connectivity index (χ1n) is 6.37. The van der Waals surface area contributed by atoms with Crippen molar-refractivity contribution in [3.63, 3.8) is 0 Å². The summed E-state index contributed by atoms with van der Waals surface area (Å²) >= 11 is 0. The van der Waals surface area contributed by atoms with Gasteiger partial charge in [0, 0.05) is 19.3 Å². The van der Waals surface area contributed by atoms with Crippen molar-refractivity contribution in [2.24, 2.45) is 0 Å². The Morgan fingerprint density at radius 1 is 1.43 bits per heavy atom. The zero-order valence-electron chi connectivity index (χ0n) is 11.5. The third kappa shape index (κ3) is 3.87. The Balaban J connectivity index is 2.00. The van der Waals surface area contributed by atoms with Crippen LogP contribution in [-0.4, -0.2) is 30.0 Å². The van der Waals surface area contributed by atoms with Gasteiger partial charge >= 0.3 is 0 Å². The Hall–Kier alpha value is -2.24. The lowest BCUT2D eigenvalue weighted by Gasteiger charge is -2.09. The highest BCUT2D eigenvalue weighted by Crippen LogP contribution is 2.16. The van der Waals surface area contributed by atoms with E-state index in [-0.39, 0.29) is 4.90 Å². The maximum atomic E-state index is 12.2. The molecule has 0 saturated heterocycles. The Morgan fingerprint density at radius 2 is 2.24 bits per heavy atom. The number of rotatable bonds is 6. The van der Waals surface area contributed by atoms with E-state index in [0.29, 0.717) is 30.6 Å². The largest absolute Gasteiger partial charge is 0.253 e. The van der Waals surface area contributed by atoms with E-state index in [2.05, 4.69) is 15.0 Å². The molecule has 21 heavy (non-hydrogen) atoms. The lowest BCUT2D eigenvalue weighted by atomic mass is 10.2. The van der Waals surface area contributed by atoms with Crippen molar-refractivity contribution in [3.05, 3.63) is 41.7 Å². The summed E-state index contributed by atoms with van der Waals surface area (Å²) in [6, 6.07) is 6.55. The molecule has 0 unspecified atom stereocenters. The standard InChI is InChI=1S/C13H15N5O2S/c1-11-3-4-12(10-14)9-13(11)21(19,20)16-5-2-7-18-8-6-15-17-18/h3-4,6,8-9,16H,2,5,7H2,1H3. The summed E-state index contributed by atoms with van der Waals surface area (Å²) in [7, 11) is -3.61. The highest BCUT2D eigenvalue weighted by atomic mass is 32.2. The number of hydrogen-bond donors (Lipinski definition) is 1. The zero-order chi connectivity index (χ0) is 15.3. The minimum absolute atomic E-state index is 0.141. The van der Waals surface area contributed by atoms with Gasteiger partial charge in [-0.1, -0.05) is 11.3 Å². The second-order valence-electron chi connectivity index (χ2n) is 4.51. The van der Waals surface area contributed by atoms with E-state index in [1.807, 2.05) is 6.07 Å². The van der Waals surface area contributed by atoms with Crippen LogP contribution in [-0.2, 0) is 16.6 Å². The van der Waals surface area contributed by atoms with E-state index in [4.69, 9.17) is 5.26 Å². The van der Waals surface area contributed by atoms with E-state index in [1.54, 1.807) is 36.1 Å². The predicted octanol–water partition coefficient (Wildman–Crippen LogP) is 0.827. The fraction of sp³-hybridized carbons (Fsp3) is 0.308. The van der Waals surface area contributed by atoms with Gasteiger partial charge in [0.15, 0.2) is 0 Å². The van der Waals surface area contributed by atoms with Crippen molar-refractivity contribution >= 4 is 10.0 Å². The van der Waals surface area contributed by atoms with Gasteiger partial charge in [0.2, 0.25) is 10.0 Å². The van der Waals surface area contributed by atoms with Gasteiger partial charge in [-0.3, -0.25) is 4.68 Å². The molecule has 1 N–H and O–H groups in total. The molecule has 1 aromatic heterocycles. The molecule has 0 aliphatic heterocycles. The molecule has 8 heteroatoms. The molecule has 0 amide bonds. The van der Waals surface area contributed by atoms with Crippen molar-refractivity contribution < 1.29 is 8.42 Å². The minimum Gasteiger partial charge on any atom is -0.253 e. The average molecular weight is 305 g/mol. The van der Waals surface area contributed by atoms with Crippen molar-refractivity contribution in [2.45, 2.75) is 24.8 Å². The van der Waals surface area contributed by atoms with Crippen LogP contribution in [0.5, 0.6) is 0 Å². The second kappa shape index (κ2) is 6.47. The molecule has 0 bridgehead atoms. The Morgan fingerprint density at radius 3 is 2.90 bits per heavy atom. The maximum absolute atomic E-state index is 12.2. The lowest BCUT2D eigenvalue weighted by molar-refractivity contribution is 0.542. The van der Waals surface area contributed by atoms with Gasteiger partial charge in [0.1, 0.15) is 0 Å². The summed E-state index contributed by atoms with van der Waals surface area (Å²) in [5.74, 6) is 0. The Kier molecular flexibility index (Phi) is 4.67. The van der Waals surface area contributed by atoms with Gasteiger partial charge in [-0.15, -0.1) is 5.10 Å². The molecule has 0 fully saturated rings. The number of aromatic nitrogens is 3. The van der Waals surface area contributed by atoms with E-state index in [9.17, 15) is 8.42 Å². The van der Waals surface area contributed by atoms with Crippen molar-refractivity contribution in [1.82, 2.24) is 19.7 Å². The molecular weight excluding hydrogens is 290 g/mol. The normalized spacial score (nSPS) is 11.2. The van der Waals surface area contributed by atoms with Gasteiger partial charge in [-0.2, -0.15) is 5.26 Å². The first-order valence-corrected chi connectivity index (χ1v) is 7.86. The summed E-state index contributed by atoms with van der Waals surface area (Å²) in [6.45, 7) is 2.57. The number of nitriles is 1. The van der Waals surface area contributed by atoms with Gasteiger partial charge in [-0.05, 0) is 31.0 Å². The third-order valence-corrected chi connectivity index (χ3v) is 4.54. The lowest BCUT2D eigenvalue weighted by Crippen LogP contribution is -2.26. The van der Waals surface area contributed by atoms with Gasteiger partial charge in [0.05, 0.1) is 22.7 Å². The molecule has 0 spiro atoms. The molecule has 1 heterocycles. The molecule has 2 aromatic rings. The summed E-state index contributed by atoms with van der Waals surface area (Å²) in [5, 5.41) is 16.3. The molecule has 2 rings (SSSR count). The smallest absolute Gasteiger partial charge is 0.240 e. The summed E-state index contributed by atoms with van der Waals surface area (Å²) < 4.78 is 28.6. The van der Waals surface area contributed by atoms with Crippen LogP contribution < -0.4 is 4.72 Å². The number of nitrogens with one attached hydrogen (secondary N) is 1. The van der Waals surface area contributed by atoms with Crippen LogP contribution >= 0.6 is 0 Å². The van der Waals surface area contributed by atoms with Crippen LogP contribution in [0.4, 0.5) is 0 Å². The predicted molar refractivity (Wildman–Crippen MR) is 75.7 cm³/mol. The summed E-state index contributed by atoms with van der Waals surface area (Å²) in [5.41, 5.74) is 0.932. The van der Waals surface area contributed by atoms with Crippen LogP contribution in [0.2, 0.25) is 0 Å². The Bertz CT molecular complexity index is 747. The summed E-state index contributed by atoms with van der Waals surface area (Å²) in [6.07, 6.45) is 3.88. The molecule has 110 valence electrons. The van der Waals surface area contributed by atoms with Crippen LogP contribution in [0.25, 0.3) is 0 Å². The summed E-state index contributed by atoms with van der Waals surface area (Å²) in [4.78, 5) is 0.141. The third-order valence-electron chi connectivity index (χ3n) is 2.93. The monoisotopic (exact) mass is 305 g/mol. The number of nitrogens with zero attached hydrogens (tertiary/aromatic N) is 4. The molecule has 0 radical (unpaired) electrons. The highest BCUT2D eigenvalue weighted by molar-refractivity contribution is 7.89. The molecular formula is C13H15N5O2S. The topological polar surface area (TPSA) is 101 Å². The van der Waals surface area contributed by atoms with Gasteiger partial charge in [-0.25, -0.2) is 13.1 Å². The van der Waals surface area contributed by atoms with E-state index >= 15 is 0 Å². The maximum Gasteiger partial charge on any atom is 0.240 e. The zero-order valence-corrected chi connectivity index (χ0v) is 12.3. The first kappa shape index (κ1) is 15.2. The number of hydrogen-bond acceptors (Lipinski definition) is 5. The van der Waals surface area contributed by atoms with Crippen molar-refractivity contribution in [3.8, 4) is 6.07 Å². The van der Waals surface area contributed by atoms with Gasteiger partial charge < -0.3 is 0 Å². The van der Waals surface area contributed by atoms with Gasteiger partial charge in [0.25, 0.3) is 0 Å². The van der Waals surface area contributed by atoms with Crippen LogP contribution in [0.1, 0.15) is 17.5 Å². The minimum atomic E-state index is -3.61. The van der Waals surface area contributed by atoms with E-state index in [1.165, 1.54) is 6.07 Å². The molecule has 7 nitrogen and oxygen atoms in total. The molecule has 0 aliphatic rings. The van der Waals surface area contributed by atoms with Crippen LogP contribution in [0.3, 0.4) is 0 Å². The number of aryl methyl sites for hydroxylation is 2. The number of benzene rings is 1. The number of sulfonamides is 1. The fourth-order valence-electron chi connectivity index (χ4n) is 1.84. The highest BCUT2D eigenvalue weighted by Gasteiger charge is 2.16. The molecule has 1 aromatic carbocycles. The molecule has 0 atom stereocenters. The Labute approximate surface area is 123 Å². The second-order valence-corrected chi connectivity index (χ2v) is 6.24. The average Bonchev–Trinajstić information content (AvgIpc) is 2.97. The molecule has 0 aliphatic carbocycles. The fourth-order valence-corrected chi connectivity index (χ4v) is 3.18.